The van der Waals surface area contributed by atoms with E-state index < -0.39 is 0 Å². The summed E-state index contributed by atoms with van der Waals surface area (Å²) in [5, 5.41) is 6.72. The minimum atomic E-state index is 0. The van der Waals surface area contributed by atoms with Crippen LogP contribution in [0.2, 0.25) is 0 Å². The van der Waals surface area contributed by atoms with Crippen LogP contribution in [0.25, 0.3) is 0 Å². The van der Waals surface area contributed by atoms with Crippen molar-refractivity contribution in [1.29, 1.82) is 0 Å². The number of hydrogen-bond acceptors (Lipinski definition) is 3. The quantitative estimate of drug-likeness (QED) is 0.238. The van der Waals surface area contributed by atoms with Crippen molar-refractivity contribution in [1.82, 2.24) is 15.5 Å². The monoisotopic (exact) mass is 440 g/mol. The van der Waals surface area contributed by atoms with E-state index in [1.807, 2.05) is 7.05 Å². The van der Waals surface area contributed by atoms with Gasteiger partial charge in [0.1, 0.15) is 0 Å². The fraction of sp³-hybridized carbons (Fsp3) is 0.941. The molecule has 1 rings (SSSR count). The lowest BCUT2D eigenvalue weighted by atomic mass is 9.98. The minimum Gasteiger partial charge on any atom is -0.378 e. The fourth-order valence-corrected chi connectivity index (χ4v) is 2.85. The second kappa shape index (κ2) is 15.4. The standard InChI is InChI=1S/C17H36N4O.HI/c1-4-21(5-2)14-13-20-17(18-3)19-12-9-15-22-16-10-7-6-8-11-16;/h16H,4-15H2,1-3H3,(H2,18,19,20);1H. The van der Waals surface area contributed by atoms with Crippen LogP contribution < -0.4 is 10.6 Å². The molecular formula is C17H37IN4O. The number of nitrogens with one attached hydrogen (secondary N) is 2. The highest BCUT2D eigenvalue weighted by Crippen LogP contribution is 2.20. The van der Waals surface area contributed by atoms with Gasteiger partial charge in [0, 0.05) is 33.3 Å². The summed E-state index contributed by atoms with van der Waals surface area (Å²) in [6, 6.07) is 0. The van der Waals surface area contributed by atoms with Crippen molar-refractivity contribution >= 4 is 29.9 Å². The first-order valence-corrected chi connectivity index (χ1v) is 9.08. The lowest BCUT2D eigenvalue weighted by Gasteiger charge is -2.22. The molecule has 0 heterocycles. The number of guanidine groups is 1. The van der Waals surface area contributed by atoms with Crippen molar-refractivity contribution in [3.8, 4) is 0 Å². The molecule has 0 aliphatic heterocycles. The van der Waals surface area contributed by atoms with E-state index in [4.69, 9.17) is 4.74 Å². The van der Waals surface area contributed by atoms with Crippen molar-refractivity contribution in [3.63, 3.8) is 0 Å². The maximum absolute atomic E-state index is 5.93. The molecule has 2 N–H and O–H groups in total. The van der Waals surface area contributed by atoms with Gasteiger partial charge in [-0.2, -0.15) is 0 Å². The molecule has 0 saturated heterocycles. The summed E-state index contributed by atoms with van der Waals surface area (Å²) in [5.74, 6) is 0.893. The Kier molecular flexibility index (Phi) is 15.4. The lowest BCUT2D eigenvalue weighted by Crippen LogP contribution is -2.42. The Morgan fingerprint density at radius 1 is 1.09 bits per heavy atom. The van der Waals surface area contributed by atoms with Gasteiger partial charge in [-0.25, -0.2) is 0 Å². The molecule has 6 heteroatoms. The first kappa shape index (κ1) is 22.9. The highest BCUT2D eigenvalue weighted by atomic mass is 127. The fourth-order valence-electron chi connectivity index (χ4n) is 2.85. The number of aliphatic imine (C=N–C) groups is 1. The molecule has 0 amide bonds. The molecular weight excluding hydrogens is 403 g/mol. The number of ether oxygens (including phenoxy) is 1. The Morgan fingerprint density at radius 3 is 2.35 bits per heavy atom. The van der Waals surface area contributed by atoms with Gasteiger partial charge in [-0.3, -0.25) is 4.99 Å². The number of hydrogen-bond donors (Lipinski definition) is 2. The van der Waals surface area contributed by atoms with Crippen LogP contribution in [0, 0.1) is 0 Å². The van der Waals surface area contributed by atoms with Crippen molar-refractivity contribution in [2.75, 3.05) is 46.4 Å². The van der Waals surface area contributed by atoms with Gasteiger partial charge in [0.15, 0.2) is 5.96 Å². The highest BCUT2D eigenvalue weighted by molar-refractivity contribution is 14.0. The molecule has 0 unspecified atom stereocenters. The molecule has 1 fully saturated rings. The Morgan fingerprint density at radius 2 is 1.74 bits per heavy atom. The predicted octanol–water partition coefficient (Wildman–Crippen LogP) is 2.85. The van der Waals surface area contributed by atoms with Crippen LogP contribution >= 0.6 is 24.0 Å². The van der Waals surface area contributed by atoms with Crippen LogP contribution in [-0.2, 0) is 4.74 Å². The third-order valence-electron chi connectivity index (χ3n) is 4.36. The van der Waals surface area contributed by atoms with Crippen LogP contribution in [0.1, 0.15) is 52.4 Å². The molecule has 1 saturated carbocycles. The van der Waals surface area contributed by atoms with Gasteiger partial charge in [0.05, 0.1) is 6.10 Å². The maximum Gasteiger partial charge on any atom is 0.191 e. The Balaban J connectivity index is 0.00000484. The third kappa shape index (κ3) is 11.2. The molecule has 0 aromatic carbocycles. The van der Waals surface area contributed by atoms with Gasteiger partial charge in [-0.15, -0.1) is 24.0 Å². The number of halogens is 1. The van der Waals surface area contributed by atoms with Crippen molar-refractivity contribution in [3.05, 3.63) is 0 Å². The van der Waals surface area contributed by atoms with Gasteiger partial charge >= 0.3 is 0 Å². The SMILES string of the molecule is CCN(CC)CCNC(=NC)NCCCOC1CCCCC1.I. The normalized spacial score (nSPS) is 16.3. The molecule has 5 nitrogen and oxygen atoms in total. The van der Waals surface area contributed by atoms with Gasteiger partial charge in [0.2, 0.25) is 0 Å². The zero-order valence-electron chi connectivity index (χ0n) is 15.3. The van der Waals surface area contributed by atoms with E-state index in [2.05, 4.69) is 34.4 Å². The zero-order valence-corrected chi connectivity index (χ0v) is 17.6. The van der Waals surface area contributed by atoms with Gasteiger partial charge < -0.3 is 20.3 Å². The topological polar surface area (TPSA) is 48.9 Å². The van der Waals surface area contributed by atoms with E-state index in [0.29, 0.717) is 6.10 Å². The second-order valence-electron chi connectivity index (χ2n) is 5.94. The average Bonchev–Trinajstić information content (AvgIpc) is 2.57. The molecule has 0 atom stereocenters. The summed E-state index contributed by atoms with van der Waals surface area (Å²) in [6.45, 7) is 10.3. The molecule has 138 valence electrons. The van der Waals surface area contributed by atoms with Crippen LogP contribution in [0.5, 0.6) is 0 Å². The molecule has 0 radical (unpaired) electrons. The van der Waals surface area contributed by atoms with Crippen LogP contribution in [0.15, 0.2) is 4.99 Å². The highest BCUT2D eigenvalue weighted by Gasteiger charge is 2.12. The van der Waals surface area contributed by atoms with Crippen molar-refractivity contribution in [2.24, 2.45) is 4.99 Å². The van der Waals surface area contributed by atoms with Crippen LogP contribution in [-0.4, -0.2) is 63.3 Å². The molecule has 0 spiro atoms. The average molecular weight is 440 g/mol. The summed E-state index contributed by atoms with van der Waals surface area (Å²) in [6.07, 6.45) is 8.12. The van der Waals surface area contributed by atoms with Gasteiger partial charge in [0.25, 0.3) is 0 Å². The smallest absolute Gasteiger partial charge is 0.191 e. The molecule has 0 bridgehead atoms. The first-order chi connectivity index (χ1) is 10.8. The molecule has 1 aliphatic rings. The summed E-state index contributed by atoms with van der Waals surface area (Å²) in [7, 11) is 1.82. The zero-order chi connectivity index (χ0) is 16.0. The van der Waals surface area contributed by atoms with E-state index in [9.17, 15) is 0 Å². The second-order valence-corrected chi connectivity index (χ2v) is 5.94. The lowest BCUT2D eigenvalue weighted by molar-refractivity contribution is 0.0277. The van der Waals surface area contributed by atoms with Gasteiger partial charge in [-0.05, 0) is 32.4 Å². The maximum atomic E-state index is 5.93. The summed E-state index contributed by atoms with van der Waals surface area (Å²) < 4.78 is 5.93. The first-order valence-electron chi connectivity index (χ1n) is 9.08. The summed E-state index contributed by atoms with van der Waals surface area (Å²) in [5.41, 5.74) is 0. The van der Waals surface area contributed by atoms with E-state index in [0.717, 1.165) is 51.7 Å². The number of nitrogens with zero attached hydrogens (tertiary/aromatic N) is 2. The summed E-state index contributed by atoms with van der Waals surface area (Å²) in [4.78, 5) is 6.66. The number of rotatable bonds is 10. The Bertz CT molecular complexity index is 292. The largest absolute Gasteiger partial charge is 0.378 e. The molecule has 1 aliphatic carbocycles. The van der Waals surface area contributed by atoms with Crippen molar-refractivity contribution < 1.29 is 4.74 Å². The third-order valence-corrected chi connectivity index (χ3v) is 4.36. The van der Waals surface area contributed by atoms with E-state index >= 15 is 0 Å². The van der Waals surface area contributed by atoms with E-state index in [1.165, 1.54) is 32.1 Å². The summed E-state index contributed by atoms with van der Waals surface area (Å²) >= 11 is 0. The molecule has 23 heavy (non-hydrogen) atoms. The Labute approximate surface area is 160 Å². The van der Waals surface area contributed by atoms with Gasteiger partial charge in [-0.1, -0.05) is 33.1 Å². The molecule has 0 aromatic rings. The van der Waals surface area contributed by atoms with E-state index in [-0.39, 0.29) is 24.0 Å². The number of likely N-dealkylation sites (N-methyl/N-ethyl adjacent to an activating group) is 1. The van der Waals surface area contributed by atoms with E-state index in [1.54, 1.807) is 0 Å². The molecule has 0 aromatic heterocycles. The van der Waals surface area contributed by atoms with Crippen molar-refractivity contribution in [2.45, 2.75) is 58.5 Å². The Hall–Kier alpha value is -0.0800. The van der Waals surface area contributed by atoms with Crippen LogP contribution in [0.3, 0.4) is 0 Å². The predicted molar refractivity (Wildman–Crippen MR) is 110 cm³/mol. The van der Waals surface area contributed by atoms with Crippen LogP contribution in [0.4, 0.5) is 0 Å². The minimum absolute atomic E-state index is 0.